The maximum Gasteiger partial charge on any atom is 0.0131 e. The normalized spacial score (nSPS) is 16.0. The molecule has 2 aromatic rings. The lowest BCUT2D eigenvalue weighted by Gasteiger charge is -2.28. The zero-order valence-corrected chi connectivity index (χ0v) is 13.2. The Labute approximate surface area is 134 Å². The van der Waals surface area contributed by atoms with Crippen LogP contribution in [0, 0.1) is 0 Å². The van der Waals surface area contributed by atoms with Crippen molar-refractivity contribution in [2.24, 2.45) is 0 Å². The lowest BCUT2D eigenvalue weighted by Crippen LogP contribution is -2.42. The third-order valence-corrected chi connectivity index (χ3v) is 4.53. The summed E-state index contributed by atoms with van der Waals surface area (Å²) in [7, 11) is 0. The first-order chi connectivity index (χ1) is 10.9. The van der Waals surface area contributed by atoms with E-state index in [1.807, 2.05) is 0 Å². The topological polar surface area (TPSA) is 15.3 Å². The molecule has 2 heteroatoms. The molecule has 0 amide bonds. The molecule has 1 N–H and O–H groups in total. The fourth-order valence-corrected chi connectivity index (χ4v) is 3.32. The van der Waals surface area contributed by atoms with Crippen molar-refractivity contribution in [3.8, 4) is 0 Å². The highest BCUT2D eigenvalue weighted by Gasteiger charge is 2.15. The smallest absolute Gasteiger partial charge is 0.0131 e. The molecule has 2 nitrogen and oxygen atoms in total. The van der Waals surface area contributed by atoms with Gasteiger partial charge < -0.3 is 0 Å². The van der Waals surface area contributed by atoms with E-state index in [0.29, 0.717) is 5.92 Å². The number of rotatable bonds is 6. The van der Waals surface area contributed by atoms with Gasteiger partial charge >= 0.3 is 0 Å². The van der Waals surface area contributed by atoms with Crippen molar-refractivity contribution in [1.29, 1.82) is 0 Å². The number of nitrogens with one attached hydrogen (secondary N) is 1. The Kier molecular flexibility index (Phi) is 5.63. The van der Waals surface area contributed by atoms with E-state index >= 15 is 0 Å². The Bertz CT molecular complexity index is 493. The predicted molar refractivity (Wildman–Crippen MR) is 92.8 cm³/mol. The number of hydrogen-bond donors (Lipinski definition) is 1. The van der Waals surface area contributed by atoms with E-state index in [9.17, 15) is 0 Å². The molecule has 0 atom stereocenters. The molecule has 116 valence electrons. The van der Waals surface area contributed by atoms with Crippen LogP contribution in [0.25, 0.3) is 0 Å². The quantitative estimate of drug-likeness (QED) is 0.859. The minimum atomic E-state index is 0.472. The van der Waals surface area contributed by atoms with E-state index in [-0.39, 0.29) is 0 Å². The highest BCUT2D eigenvalue weighted by Crippen LogP contribution is 2.27. The summed E-state index contributed by atoms with van der Waals surface area (Å²) >= 11 is 0. The highest BCUT2D eigenvalue weighted by atomic mass is 15.5. The largest absolute Gasteiger partial charge is 0.255 e. The average molecular weight is 294 g/mol. The molecule has 1 heterocycles. The van der Waals surface area contributed by atoms with Gasteiger partial charge in [-0.15, -0.1) is 0 Å². The van der Waals surface area contributed by atoms with Crippen molar-refractivity contribution >= 4 is 0 Å². The van der Waals surface area contributed by atoms with E-state index in [1.165, 1.54) is 43.5 Å². The molecule has 1 saturated heterocycles. The van der Waals surface area contributed by atoms with Gasteiger partial charge in [-0.25, -0.2) is 5.01 Å². The van der Waals surface area contributed by atoms with Crippen LogP contribution in [0.4, 0.5) is 0 Å². The molecule has 2 aromatic carbocycles. The van der Waals surface area contributed by atoms with E-state index in [2.05, 4.69) is 71.1 Å². The first-order valence-corrected chi connectivity index (χ1v) is 8.52. The number of piperidine rings is 1. The maximum atomic E-state index is 3.62. The fourth-order valence-electron chi connectivity index (χ4n) is 3.32. The first-order valence-electron chi connectivity index (χ1n) is 8.52. The zero-order valence-electron chi connectivity index (χ0n) is 13.2. The summed E-state index contributed by atoms with van der Waals surface area (Å²) in [5, 5.41) is 2.40. The Morgan fingerprint density at radius 2 is 1.32 bits per heavy atom. The molecule has 1 aliphatic heterocycles. The van der Waals surface area contributed by atoms with E-state index in [0.717, 1.165) is 13.0 Å². The van der Waals surface area contributed by atoms with Gasteiger partial charge in [0, 0.05) is 25.6 Å². The maximum absolute atomic E-state index is 3.62. The Balaban J connectivity index is 1.64. The molecule has 0 spiro atoms. The van der Waals surface area contributed by atoms with Crippen LogP contribution in [-0.2, 0) is 0 Å². The Morgan fingerprint density at radius 1 is 0.773 bits per heavy atom. The SMILES string of the molecule is c1ccc(C(CCNN2CCCCC2)c2ccccc2)cc1. The van der Waals surface area contributed by atoms with Crippen molar-refractivity contribution in [1.82, 2.24) is 10.4 Å². The van der Waals surface area contributed by atoms with Gasteiger partial charge in [0.25, 0.3) is 0 Å². The summed E-state index contributed by atoms with van der Waals surface area (Å²) in [4.78, 5) is 0. The zero-order chi connectivity index (χ0) is 15.0. The fraction of sp³-hybridized carbons (Fsp3) is 0.400. The molecule has 1 fully saturated rings. The molecule has 0 unspecified atom stereocenters. The van der Waals surface area contributed by atoms with Crippen LogP contribution in [0.2, 0.25) is 0 Å². The summed E-state index contributed by atoms with van der Waals surface area (Å²) in [5.41, 5.74) is 6.45. The van der Waals surface area contributed by atoms with Gasteiger partial charge in [-0.2, -0.15) is 0 Å². The van der Waals surface area contributed by atoms with Crippen LogP contribution >= 0.6 is 0 Å². The standard InChI is InChI=1S/C20H26N2/c1-4-10-18(11-5-1)20(19-12-6-2-7-13-19)14-15-21-22-16-8-3-9-17-22/h1-2,4-7,10-13,20-21H,3,8-9,14-17H2. The Morgan fingerprint density at radius 3 is 1.86 bits per heavy atom. The van der Waals surface area contributed by atoms with E-state index in [4.69, 9.17) is 0 Å². The van der Waals surface area contributed by atoms with Gasteiger partial charge in [-0.05, 0) is 30.4 Å². The van der Waals surface area contributed by atoms with Gasteiger partial charge in [-0.1, -0.05) is 67.1 Å². The molecule has 0 aliphatic carbocycles. The predicted octanol–water partition coefficient (Wildman–Crippen LogP) is 4.20. The molecule has 0 aromatic heterocycles. The molecule has 0 saturated carbocycles. The average Bonchev–Trinajstić information content (AvgIpc) is 2.61. The second-order valence-electron chi connectivity index (χ2n) is 6.12. The van der Waals surface area contributed by atoms with E-state index in [1.54, 1.807) is 0 Å². The second-order valence-corrected chi connectivity index (χ2v) is 6.12. The van der Waals surface area contributed by atoms with Crippen molar-refractivity contribution in [2.45, 2.75) is 31.6 Å². The van der Waals surface area contributed by atoms with Gasteiger partial charge in [0.1, 0.15) is 0 Å². The van der Waals surface area contributed by atoms with Crippen molar-refractivity contribution in [3.63, 3.8) is 0 Å². The van der Waals surface area contributed by atoms with Crippen LogP contribution in [0.15, 0.2) is 60.7 Å². The lowest BCUT2D eigenvalue weighted by atomic mass is 9.89. The molecular formula is C20H26N2. The summed E-state index contributed by atoms with van der Waals surface area (Å²) in [6, 6.07) is 21.8. The third kappa shape index (κ3) is 4.19. The molecule has 22 heavy (non-hydrogen) atoms. The van der Waals surface area contributed by atoms with Crippen LogP contribution in [-0.4, -0.2) is 24.6 Å². The van der Waals surface area contributed by atoms with Gasteiger partial charge in [-0.3, -0.25) is 5.43 Å². The number of nitrogens with zero attached hydrogens (tertiary/aromatic N) is 1. The van der Waals surface area contributed by atoms with Gasteiger partial charge in [0.15, 0.2) is 0 Å². The third-order valence-electron chi connectivity index (χ3n) is 4.53. The van der Waals surface area contributed by atoms with Crippen LogP contribution in [0.1, 0.15) is 42.7 Å². The summed E-state index contributed by atoms with van der Waals surface area (Å²) in [5.74, 6) is 0.472. The summed E-state index contributed by atoms with van der Waals surface area (Å²) < 4.78 is 0. The van der Waals surface area contributed by atoms with Crippen molar-refractivity contribution in [2.75, 3.05) is 19.6 Å². The molecule has 3 rings (SSSR count). The number of hydrogen-bond acceptors (Lipinski definition) is 2. The van der Waals surface area contributed by atoms with E-state index < -0.39 is 0 Å². The minimum absolute atomic E-state index is 0.472. The Hall–Kier alpha value is -1.64. The lowest BCUT2D eigenvalue weighted by molar-refractivity contribution is 0.153. The molecule has 0 radical (unpaired) electrons. The molecule has 0 bridgehead atoms. The van der Waals surface area contributed by atoms with Crippen molar-refractivity contribution in [3.05, 3.63) is 71.8 Å². The van der Waals surface area contributed by atoms with Crippen LogP contribution in [0.3, 0.4) is 0 Å². The minimum Gasteiger partial charge on any atom is -0.255 e. The van der Waals surface area contributed by atoms with Gasteiger partial charge in [0.2, 0.25) is 0 Å². The van der Waals surface area contributed by atoms with Crippen LogP contribution in [0.5, 0.6) is 0 Å². The number of hydrazine groups is 1. The monoisotopic (exact) mass is 294 g/mol. The number of benzene rings is 2. The van der Waals surface area contributed by atoms with Gasteiger partial charge in [0.05, 0.1) is 0 Å². The first kappa shape index (κ1) is 15.3. The summed E-state index contributed by atoms with van der Waals surface area (Å²) in [6.45, 7) is 3.43. The highest BCUT2D eigenvalue weighted by molar-refractivity contribution is 5.32. The van der Waals surface area contributed by atoms with Crippen molar-refractivity contribution < 1.29 is 0 Å². The summed E-state index contributed by atoms with van der Waals surface area (Å²) in [6.07, 6.45) is 5.17. The molecular weight excluding hydrogens is 268 g/mol. The van der Waals surface area contributed by atoms with Crippen LogP contribution < -0.4 is 5.43 Å². The molecule has 1 aliphatic rings. The second kappa shape index (κ2) is 8.11.